The van der Waals surface area contributed by atoms with E-state index in [9.17, 15) is 9.18 Å². The van der Waals surface area contributed by atoms with E-state index in [1.165, 1.54) is 12.3 Å². The largest absolute Gasteiger partial charge is 0.476 e. The van der Waals surface area contributed by atoms with Crippen LogP contribution in [0.3, 0.4) is 0 Å². The Bertz CT molecular complexity index is 569. The molecule has 1 heterocycles. The summed E-state index contributed by atoms with van der Waals surface area (Å²) in [7, 11) is 0. The molecule has 0 amide bonds. The van der Waals surface area contributed by atoms with Gasteiger partial charge in [0.2, 0.25) is 0 Å². The predicted molar refractivity (Wildman–Crippen MR) is 66.4 cm³/mol. The highest BCUT2D eigenvalue weighted by molar-refractivity contribution is 9.10. The number of carbonyl (C=O) groups is 1. The van der Waals surface area contributed by atoms with Crippen LogP contribution in [0.4, 0.5) is 15.9 Å². The average molecular weight is 312 g/mol. The molecular weight excluding hydrogens is 305 g/mol. The topological polar surface area (TPSA) is 75.1 Å². The van der Waals surface area contributed by atoms with Crippen molar-refractivity contribution in [3.05, 3.63) is 46.6 Å². The summed E-state index contributed by atoms with van der Waals surface area (Å²) >= 11 is 3.20. The lowest BCUT2D eigenvalue weighted by atomic mass is 10.3. The second-order valence-electron chi connectivity index (χ2n) is 3.31. The molecule has 5 nitrogen and oxygen atoms in total. The Morgan fingerprint density at radius 2 is 2.11 bits per heavy atom. The number of para-hydroxylation sites is 1. The number of nitrogens with one attached hydrogen (secondary N) is 1. The maximum atomic E-state index is 13.5. The smallest absolute Gasteiger partial charge is 0.356 e. The third-order valence-electron chi connectivity index (χ3n) is 2.09. The molecule has 0 aliphatic rings. The van der Waals surface area contributed by atoms with Crippen molar-refractivity contribution in [2.75, 3.05) is 5.32 Å². The molecule has 2 aromatic rings. The van der Waals surface area contributed by atoms with E-state index >= 15 is 0 Å². The molecule has 0 aliphatic heterocycles. The third kappa shape index (κ3) is 2.62. The van der Waals surface area contributed by atoms with Gasteiger partial charge in [-0.1, -0.05) is 6.07 Å². The minimum atomic E-state index is -1.17. The summed E-state index contributed by atoms with van der Waals surface area (Å²) in [5.41, 5.74) is 0.0445. The molecule has 18 heavy (non-hydrogen) atoms. The summed E-state index contributed by atoms with van der Waals surface area (Å²) in [6.45, 7) is 0. The van der Waals surface area contributed by atoms with E-state index < -0.39 is 11.8 Å². The Balaban J connectivity index is 2.26. The van der Waals surface area contributed by atoms with Crippen LogP contribution < -0.4 is 5.32 Å². The van der Waals surface area contributed by atoms with Gasteiger partial charge in [0.1, 0.15) is 11.6 Å². The summed E-state index contributed by atoms with van der Waals surface area (Å²) in [4.78, 5) is 18.1. The molecule has 0 spiro atoms. The van der Waals surface area contributed by atoms with Gasteiger partial charge in [-0.3, -0.25) is 0 Å². The predicted octanol–water partition coefficient (Wildman–Crippen LogP) is 2.82. The van der Waals surface area contributed by atoms with Crippen LogP contribution in [0.25, 0.3) is 0 Å². The highest BCUT2D eigenvalue weighted by Crippen LogP contribution is 2.27. The van der Waals surface area contributed by atoms with Gasteiger partial charge in [-0.05, 0) is 28.1 Å². The van der Waals surface area contributed by atoms with Crippen LogP contribution in [-0.2, 0) is 0 Å². The van der Waals surface area contributed by atoms with Gasteiger partial charge in [-0.15, -0.1) is 0 Å². The quantitative estimate of drug-likeness (QED) is 0.911. The first kappa shape index (κ1) is 12.4. The van der Waals surface area contributed by atoms with Crippen LogP contribution in [0.2, 0.25) is 0 Å². The Morgan fingerprint density at radius 3 is 2.67 bits per heavy atom. The molecule has 2 N–H and O–H groups in total. The fourth-order valence-electron chi connectivity index (χ4n) is 1.25. The van der Waals surface area contributed by atoms with Crippen LogP contribution in [0.5, 0.6) is 0 Å². The SMILES string of the molecule is O=C(O)c1cnc(Nc2c(F)cccc2Br)cn1. The number of nitrogens with zero attached hydrogens (tertiary/aromatic N) is 2. The molecule has 0 atom stereocenters. The molecule has 0 saturated heterocycles. The molecule has 0 aliphatic carbocycles. The Kier molecular flexibility index (Phi) is 3.52. The lowest BCUT2D eigenvalue weighted by Gasteiger charge is -2.08. The maximum Gasteiger partial charge on any atom is 0.356 e. The lowest BCUT2D eigenvalue weighted by molar-refractivity contribution is 0.0690. The van der Waals surface area contributed by atoms with Gasteiger partial charge >= 0.3 is 5.97 Å². The Morgan fingerprint density at radius 1 is 1.33 bits per heavy atom. The van der Waals surface area contributed by atoms with Crippen molar-refractivity contribution in [3.8, 4) is 0 Å². The van der Waals surface area contributed by atoms with Gasteiger partial charge in [0.15, 0.2) is 5.69 Å². The molecule has 2 rings (SSSR count). The second kappa shape index (κ2) is 5.09. The molecule has 1 aromatic carbocycles. The number of anilines is 2. The molecule has 7 heteroatoms. The van der Waals surface area contributed by atoms with Gasteiger partial charge in [0.25, 0.3) is 0 Å². The van der Waals surface area contributed by atoms with Crippen molar-refractivity contribution >= 4 is 33.4 Å². The molecule has 0 fully saturated rings. The second-order valence-corrected chi connectivity index (χ2v) is 4.17. The van der Waals surface area contributed by atoms with E-state index in [0.29, 0.717) is 4.47 Å². The van der Waals surface area contributed by atoms with Crippen molar-refractivity contribution in [2.45, 2.75) is 0 Å². The first-order chi connectivity index (χ1) is 8.58. The Hall–Kier alpha value is -2.02. The standard InChI is InChI=1S/C11H7BrFN3O2/c12-6-2-1-3-7(13)10(6)16-9-5-14-8(4-15-9)11(17)18/h1-5H,(H,15,16)(H,17,18). The van der Waals surface area contributed by atoms with Crippen molar-refractivity contribution in [3.63, 3.8) is 0 Å². The number of hydrogen-bond acceptors (Lipinski definition) is 4. The number of aromatic nitrogens is 2. The highest BCUT2D eigenvalue weighted by Gasteiger charge is 2.09. The Labute approximate surface area is 110 Å². The molecule has 1 aromatic heterocycles. The van der Waals surface area contributed by atoms with E-state index in [1.54, 1.807) is 12.1 Å². The first-order valence-corrected chi connectivity index (χ1v) is 5.63. The average Bonchev–Trinajstić information content (AvgIpc) is 2.34. The van der Waals surface area contributed by atoms with Crippen molar-refractivity contribution < 1.29 is 14.3 Å². The van der Waals surface area contributed by atoms with Crippen LogP contribution in [0.1, 0.15) is 10.5 Å². The number of hydrogen-bond donors (Lipinski definition) is 2. The number of halogens is 2. The molecule has 0 radical (unpaired) electrons. The maximum absolute atomic E-state index is 13.5. The first-order valence-electron chi connectivity index (χ1n) is 4.84. The van der Waals surface area contributed by atoms with E-state index in [2.05, 4.69) is 31.2 Å². The molecule has 0 unspecified atom stereocenters. The van der Waals surface area contributed by atoms with Gasteiger partial charge < -0.3 is 10.4 Å². The zero-order valence-corrected chi connectivity index (χ0v) is 10.5. The molecule has 0 saturated carbocycles. The highest BCUT2D eigenvalue weighted by atomic mass is 79.9. The van der Waals surface area contributed by atoms with Crippen LogP contribution >= 0.6 is 15.9 Å². The summed E-state index contributed by atoms with van der Waals surface area (Å²) in [5, 5.41) is 11.4. The van der Waals surface area contributed by atoms with E-state index in [1.807, 2.05) is 0 Å². The summed E-state index contributed by atoms with van der Waals surface area (Å²) in [6, 6.07) is 4.53. The van der Waals surface area contributed by atoms with E-state index in [0.717, 1.165) is 6.20 Å². The van der Waals surface area contributed by atoms with E-state index in [-0.39, 0.29) is 17.2 Å². The van der Waals surface area contributed by atoms with Crippen LogP contribution in [-0.4, -0.2) is 21.0 Å². The van der Waals surface area contributed by atoms with Crippen molar-refractivity contribution in [2.24, 2.45) is 0 Å². The zero-order chi connectivity index (χ0) is 13.1. The lowest BCUT2D eigenvalue weighted by Crippen LogP contribution is -2.03. The molecular formula is C11H7BrFN3O2. The summed E-state index contributed by atoms with van der Waals surface area (Å²) in [6.07, 6.45) is 2.32. The van der Waals surface area contributed by atoms with Gasteiger partial charge in [-0.2, -0.15) is 0 Å². The molecule has 0 bridgehead atoms. The molecule has 92 valence electrons. The van der Waals surface area contributed by atoms with Gasteiger partial charge in [0.05, 0.1) is 18.1 Å². The number of benzene rings is 1. The number of aromatic carboxylic acids is 1. The summed E-state index contributed by atoms with van der Waals surface area (Å²) in [5.74, 6) is -1.36. The number of carboxylic acid groups (broad SMARTS) is 1. The van der Waals surface area contributed by atoms with Crippen molar-refractivity contribution in [1.29, 1.82) is 0 Å². The van der Waals surface area contributed by atoms with Crippen LogP contribution in [0.15, 0.2) is 35.1 Å². The number of carboxylic acids is 1. The monoisotopic (exact) mass is 311 g/mol. The zero-order valence-electron chi connectivity index (χ0n) is 8.89. The van der Waals surface area contributed by atoms with Crippen LogP contribution in [0, 0.1) is 5.82 Å². The van der Waals surface area contributed by atoms with Gasteiger partial charge in [-0.25, -0.2) is 19.2 Å². The fourth-order valence-corrected chi connectivity index (χ4v) is 1.69. The van der Waals surface area contributed by atoms with Crippen molar-refractivity contribution in [1.82, 2.24) is 9.97 Å². The normalized spacial score (nSPS) is 10.1. The van der Waals surface area contributed by atoms with Gasteiger partial charge in [0, 0.05) is 4.47 Å². The van der Waals surface area contributed by atoms with E-state index in [4.69, 9.17) is 5.11 Å². The number of rotatable bonds is 3. The third-order valence-corrected chi connectivity index (χ3v) is 2.75. The minimum absolute atomic E-state index is 0.173. The minimum Gasteiger partial charge on any atom is -0.476 e. The summed E-state index contributed by atoms with van der Waals surface area (Å²) < 4.78 is 14.0. The fraction of sp³-hybridized carbons (Fsp3) is 0.